The second-order valence-electron chi connectivity index (χ2n) is 6.05. The van der Waals surface area contributed by atoms with Crippen molar-refractivity contribution in [2.24, 2.45) is 11.8 Å². The van der Waals surface area contributed by atoms with E-state index in [1.165, 1.54) is 15.4 Å². The largest absolute Gasteiger partial charge is 0.274 e. The predicted octanol–water partition coefficient (Wildman–Crippen LogP) is 3.06. The molecule has 0 spiro atoms. The zero-order valence-corrected chi connectivity index (χ0v) is 12.5. The lowest BCUT2D eigenvalue weighted by Gasteiger charge is -2.40. The Balaban J connectivity index is 1.56. The quantitative estimate of drug-likeness (QED) is 0.760. The molecule has 2 amide bonds. The van der Waals surface area contributed by atoms with Crippen LogP contribution in [0.3, 0.4) is 0 Å². The Morgan fingerprint density at radius 1 is 0.773 bits per heavy atom. The number of rotatable bonds is 1. The molecule has 5 rings (SSSR count). The first-order valence-corrected chi connectivity index (χ1v) is 8.34. The van der Waals surface area contributed by atoms with Crippen molar-refractivity contribution in [2.45, 2.75) is 16.1 Å². The summed E-state index contributed by atoms with van der Waals surface area (Å²) in [5, 5.41) is 0.229. The van der Waals surface area contributed by atoms with Gasteiger partial charge in [-0.2, -0.15) is 0 Å². The van der Waals surface area contributed by atoms with E-state index >= 15 is 0 Å². The summed E-state index contributed by atoms with van der Waals surface area (Å²) in [5.41, 5.74) is 1.94. The predicted molar refractivity (Wildman–Crippen MR) is 84.7 cm³/mol. The van der Waals surface area contributed by atoms with Crippen LogP contribution in [0, 0.1) is 11.8 Å². The highest BCUT2D eigenvalue weighted by Crippen LogP contribution is 2.64. The molecule has 108 valence electrons. The van der Waals surface area contributed by atoms with Crippen molar-refractivity contribution in [3.8, 4) is 0 Å². The van der Waals surface area contributed by atoms with Crippen molar-refractivity contribution in [1.82, 2.24) is 0 Å². The van der Waals surface area contributed by atoms with Gasteiger partial charge in [-0.3, -0.25) is 14.5 Å². The standard InChI is InChI=1S/C18H13NO2S/c20-17-14-13-11-8-4-5-9-12(11)22-16(13)15(14)18(21)19(17)10-6-2-1-3-7-10/h1-9,13-16H/t13-,14-,15-,16-/m0/s1. The Bertz CT molecular complexity index is 804. The van der Waals surface area contributed by atoms with Gasteiger partial charge in [0.15, 0.2) is 0 Å². The van der Waals surface area contributed by atoms with Crippen molar-refractivity contribution in [3.05, 3.63) is 60.2 Å². The lowest BCUT2D eigenvalue weighted by atomic mass is 9.63. The number of para-hydroxylation sites is 1. The first-order chi connectivity index (χ1) is 10.8. The van der Waals surface area contributed by atoms with Crippen molar-refractivity contribution >= 4 is 29.3 Å². The highest BCUT2D eigenvalue weighted by molar-refractivity contribution is 8.00. The first kappa shape index (κ1) is 12.5. The second-order valence-corrected chi connectivity index (χ2v) is 7.26. The minimum Gasteiger partial charge on any atom is -0.274 e. The number of benzene rings is 2. The fourth-order valence-electron chi connectivity index (χ4n) is 4.08. The zero-order valence-electron chi connectivity index (χ0n) is 11.7. The molecule has 4 atom stereocenters. The first-order valence-electron chi connectivity index (χ1n) is 7.46. The minimum atomic E-state index is -0.172. The topological polar surface area (TPSA) is 37.4 Å². The average Bonchev–Trinajstić information content (AvgIpc) is 2.93. The molecule has 22 heavy (non-hydrogen) atoms. The van der Waals surface area contributed by atoms with E-state index in [4.69, 9.17) is 0 Å². The highest BCUT2D eigenvalue weighted by atomic mass is 32.2. The molecule has 4 heteroatoms. The molecule has 3 aliphatic rings. The van der Waals surface area contributed by atoms with Crippen LogP contribution in [0.15, 0.2) is 59.5 Å². The van der Waals surface area contributed by atoms with E-state index in [0.29, 0.717) is 5.69 Å². The van der Waals surface area contributed by atoms with E-state index in [1.807, 2.05) is 42.5 Å². The van der Waals surface area contributed by atoms with E-state index in [2.05, 4.69) is 12.1 Å². The van der Waals surface area contributed by atoms with Gasteiger partial charge in [-0.25, -0.2) is 0 Å². The van der Waals surface area contributed by atoms with Gasteiger partial charge in [-0.05, 0) is 23.8 Å². The molecule has 0 bridgehead atoms. The van der Waals surface area contributed by atoms with Gasteiger partial charge >= 0.3 is 0 Å². The average molecular weight is 307 g/mol. The zero-order chi connectivity index (χ0) is 14.8. The molecule has 0 N–H and O–H groups in total. The van der Waals surface area contributed by atoms with Crippen molar-refractivity contribution in [1.29, 1.82) is 0 Å². The Labute approximate surface area is 132 Å². The third-order valence-electron chi connectivity index (χ3n) is 5.05. The summed E-state index contributed by atoms with van der Waals surface area (Å²) in [6.07, 6.45) is 0. The Kier molecular flexibility index (Phi) is 2.40. The maximum absolute atomic E-state index is 12.8. The molecule has 0 unspecified atom stereocenters. The molecule has 1 saturated heterocycles. The van der Waals surface area contributed by atoms with Gasteiger partial charge in [-0.15, -0.1) is 11.8 Å². The lowest BCUT2D eigenvalue weighted by Crippen LogP contribution is -2.46. The van der Waals surface area contributed by atoms with E-state index in [0.717, 1.165) is 0 Å². The normalized spacial score (nSPS) is 31.5. The maximum Gasteiger partial charge on any atom is 0.238 e. The van der Waals surface area contributed by atoms with E-state index < -0.39 is 0 Å². The SMILES string of the molecule is O=C1[C@@H]2[C@H]3Sc4ccccc4[C@H]3[C@@H]2C(=O)N1c1ccccc1. The molecule has 3 nitrogen and oxygen atoms in total. The lowest BCUT2D eigenvalue weighted by molar-refractivity contribution is -0.124. The number of thioether (sulfide) groups is 1. The second kappa shape index (κ2) is 4.23. The van der Waals surface area contributed by atoms with E-state index in [9.17, 15) is 9.59 Å². The van der Waals surface area contributed by atoms with Gasteiger partial charge < -0.3 is 0 Å². The Morgan fingerprint density at radius 2 is 1.45 bits per heavy atom. The fourth-order valence-corrected chi connectivity index (χ4v) is 5.76. The molecule has 2 fully saturated rings. The van der Waals surface area contributed by atoms with Gasteiger partial charge in [0.1, 0.15) is 0 Å². The smallest absolute Gasteiger partial charge is 0.238 e. The number of hydrogen-bond donors (Lipinski definition) is 0. The summed E-state index contributed by atoms with van der Waals surface area (Å²) < 4.78 is 0. The molecule has 0 aromatic heterocycles. The number of amides is 2. The molecular formula is C18H13NO2S. The summed E-state index contributed by atoms with van der Waals surface area (Å²) in [7, 11) is 0. The van der Waals surface area contributed by atoms with Crippen LogP contribution in [0.2, 0.25) is 0 Å². The monoisotopic (exact) mass is 307 g/mol. The van der Waals surface area contributed by atoms with Gasteiger partial charge in [0.2, 0.25) is 11.8 Å². The minimum absolute atomic E-state index is 0.0252. The van der Waals surface area contributed by atoms with Gasteiger partial charge in [0.05, 0.1) is 17.5 Å². The molecule has 2 aromatic carbocycles. The summed E-state index contributed by atoms with van der Waals surface area (Å²) >= 11 is 1.77. The molecule has 1 saturated carbocycles. The van der Waals surface area contributed by atoms with Crippen LogP contribution < -0.4 is 4.90 Å². The third kappa shape index (κ3) is 1.38. The molecule has 2 aromatic rings. The molecular weight excluding hydrogens is 294 g/mol. The number of hydrogen-bond acceptors (Lipinski definition) is 3. The summed E-state index contributed by atoms with van der Waals surface area (Å²) in [6.45, 7) is 0. The van der Waals surface area contributed by atoms with Crippen molar-refractivity contribution in [3.63, 3.8) is 0 Å². The Morgan fingerprint density at radius 3 is 2.27 bits per heavy atom. The van der Waals surface area contributed by atoms with Gasteiger partial charge in [-0.1, -0.05) is 36.4 Å². The third-order valence-corrected chi connectivity index (χ3v) is 6.53. The molecule has 2 aliphatic heterocycles. The van der Waals surface area contributed by atoms with Crippen LogP contribution in [-0.2, 0) is 9.59 Å². The van der Waals surface area contributed by atoms with Crippen LogP contribution in [0.1, 0.15) is 11.5 Å². The van der Waals surface area contributed by atoms with E-state index in [1.54, 1.807) is 11.8 Å². The summed E-state index contributed by atoms with van der Waals surface area (Å²) in [5.74, 6) is -0.178. The van der Waals surface area contributed by atoms with Crippen LogP contribution in [-0.4, -0.2) is 17.1 Å². The number of nitrogens with zero attached hydrogens (tertiary/aromatic N) is 1. The molecule has 2 heterocycles. The number of anilines is 1. The van der Waals surface area contributed by atoms with Crippen LogP contribution >= 0.6 is 11.8 Å². The van der Waals surface area contributed by atoms with Crippen LogP contribution in [0.5, 0.6) is 0 Å². The number of carbonyl (C=O) groups excluding carboxylic acids is 2. The summed E-state index contributed by atoms with van der Waals surface area (Å²) in [6, 6.07) is 17.5. The van der Waals surface area contributed by atoms with Crippen LogP contribution in [0.4, 0.5) is 5.69 Å². The van der Waals surface area contributed by atoms with Crippen molar-refractivity contribution in [2.75, 3.05) is 4.90 Å². The highest BCUT2D eigenvalue weighted by Gasteiger charge is 2.67. The molecule has 1 aliphatic carbocycles. The molecule has 0 radical (unpaired) electrons. The summed E-state index contributed by atoms with van der Waals surface area (Å²) in [4.78, 5) is 28.2. The number of carbonyl (C=O) groups is 2. The van der Waals surface area contributed by atoms with Gasteiger partial charge in [0, 0.05) is 16.1 Å². The number of fused-ring (bicyclic) bond motifs is 6. The van der Waals surface area contributed by atoms with Gasteiger partial charge in [0.25, 0.3) is 0 Å². The van der Waals surface area contributed by atoms with Crippen molar-refractivity contribution < 1.29 is 9.59 Å². The van der Waals surface area contributed by atoms with Crippen LogP contribution in [0.25, 0.3) is 0 Å². The fraction of sp³-hybridized carbons (Fsp3) is 0.222. The Hall–Kier alpha value is -2.07. The number of imide groups is 1. The van der Waals surface area contributed by atoms with E-state index in [-0.39, 0.29) is 34.8 Å². The maximum atomic E-state index is 12.8.